The van der Waals surface area contributed by atoms with Gasteiger partial charge >= 0.3 is 0 Å². The predicted octanol–water partition coefficient (Wildman–Crippen LogP) is 6.27. The Hall–Kier alpha value is -1.11. The first kappa shape index (κ1) is 17.3. The summed E-state index contributed by atoms with van der Waals surface area (Å²) in [5.74, 6) is 3.46. The van der Waals surface area contributed by atoms with Gasteiger partial charge in [-0.2, -0.15) is 0 Å². The van der Waals surface area contributed by atoms with Crippen LogP contribution in [0.2, 0.25) is 0 Å². The van der Waals surface area contributed by atoms with Crippen molar-refractivity contribution in [3.8, 4) is 0 Å². The topological polar surface area (TPSA) is 17.1 Å². The van der Waals surface area contributed by atoms with Crippen LogP contribution in [0.1, 0.15) is 72.6 Å². The minimum absolute atomic E-state index is 0.143. The van der Waals surface area contributed by atoms with Gasteiger partial charge in [0.1, 0.15) is 0 Å². The Morgan fingerprint density at radius 2 is 2.00 bits per heavy atom. The fourth-order valence-electron chi connectivity index (χ4n) is 7.41. The molecule has 0 heterocycles. The van der Waals surface area contributed by atoms with E-state index in [1.165, 1.54) is 44.1 Å². The molecule has 0 bridgehead atoms. The first-order chi connectivity index (χ1) is 11.9. The second kappa shape index (κ2) is 5.96. The van der Waals surface area contributed by atoms with Crippen LogP contribution in [0.5, 0.6) is 0 Å². The van der Waals surface area contributed by atoms with E-state index in [4.69, 9.17) is 0 Å². The molecule has 1 heteroatoms. The lowest BCUT2D eigenvalue weighted by atomic mass is 9.47. The molecule has 0 amide bonds. The van der Waals surface area contributed by atoms with Gasteiger partial charge in [0.25, 0.3) is 0 Å². The van der Waals surface area contributed by atoms with Crippen molar-refractivity contribution < 1.29 is 4.79 Å². The summed E-state index contributed by atoms with van der Waals surface area (Å²) in [7, 11) is 0. The summed E-state index contributed by atoms with van der Waals surface area (Å²) >= 11 is 0. The summed E-state index contributed by atoms with van der Waals surface area (Å²) in [5.41, 5.74) is 3.71. The lowest BCUT2D eigenvalue weighted by Gasteiger charge is -2.57. The molecule has 0 aromatic rings. The number of rotatable bonds is 2. The van der Waals surface area contributed by atoms with Crippen LogP contribution in [0.4, 0.5) is 0 Å². The van der Waals surface area contributed by atoms with Crippen molar-refractivity contribution >= 4 is 5.78 Å². The zero-order valence-electron chi connectivity index (χ0n) is 16.5. The Balaban J connectivity index is 1.65. The second-order valence-electron chi connectivity index (χ2n) is 9.63. The molecule has 4 rings (SSSR count). The number of allylic oxidation sites excluding steroid dienone is 6. The molecule has 4 aliphatic carbocycles. The molecule has 6 unspecified atom stereocenters. The molecule has 3 saturated carbocycles. The highest BCUT2D eigenvalue weighted by Gasteiger charge is 2.58. The fraction of sp³-hybridized carbons (Fsp3) is 0.708. The first-order valence-corrected chi connectivity index (χ1v) is 10.5. The van der Waals surface area contributed by atoms with Crippen molar-refractivity contribution in [2.24, 2.45) is 34.5 Å². The van der Waals surface area contributed by atoms with Gasteiger partial charge in [0, 0.05) is 5.41 Å². The molecule has 0 saturated heterocycles. The number of hydrogen-bond acceptors (Lipinski definition) is 1. The number of carbonyl (C=O) groups excluding carboxylic acids is 1. The van der Waals surface area contributed by atoms with Gasteiger partial charge < -0.3 is 0 Å². The first-order valence-electron chi connectivity index (χ1n) is 10.5. The van der Waals surface area contributed by atoms with Gasteiger partial charge in [0.2, 0.25) is 0 Å². The van der Waals surface area contributed by atoms with E-state index in [2.05, 4.69) is 39.8 Å². The van der Waals surface area contributed by atoms with E-state index in [0.29, 0.717) is 5.41 Å². The summed E-state index contributed by atoms with van der Waals surface area (Å²) in [6, 6.07) is 0. The fourth-order valence-corrected chi connectivity index (χ4v) is 7.41. The normalized spacial score (nSPS) is 46.3. The summed E-state index contributed by atoms with van der Waals surface area (Å²) in [4.78, 5) is 11.9. The Labute approximate surface area is 153 Å². The van der Waals surface area contributed by atoms with Gasteiger partial charge in [-0.15, -0.1) is 0 Å². The quantitative estimate of drug-likeness (QED) is 0.543. The molecule has 4 aliphatic rings. The van der Waals surface area contributed by atoms with Crippen molar-refractivity contribution in [3.05, 3.63) is 35.5 Å². The summed E-state index contributed by atoms with van der Waals surface area (Å²) in [6.45, 7) is 9.66. The predicted molar refractivity (Wildman–Crippen MR) is 104 cm³/mol. The van der Waals surface area contributed by atoms with Crippen LogP contribution >= 0.6 is 0 Å². The van der Waals surface area contributed by atoms with E-state index in [0.717, 1.165) is 30.1 Å². The molecule has 0 spiro atoms. The van der Waals surface area contributed by atoms with Crippen molar-refractivity contribution in [1.29, 1.82) is 0 Å². The molecular weight excluding hydrogens is 304 g/mol. The average Bonchev–Trinajstić information content (AvgIpc) is 2.93. The molecular formula is C24H34O. The van der Waals surface area contributed by atoms with Crippen LogP contribution < -0.4 is 0 Å². The Morgan fingerprint density at radius 1 is 1.20 bits per heavy atom. The van der Waals surface area contributed by atoms with Crippen LogP contribution in [-0.4, -0.2) is 5.78 Å². The van der Waals surface area contributed by atoms with Crippen LogP contribution in [-0.2, 0) is 4.79 Å². The minimum atomic E-state index is 0.143. The number of ketones is 1. The highest BCUT2D eigenvalue weighted by Crippen LogP contribution is 2.66. The van der Waals surface area contributed by atoms with Gasteiger partial charge in [-0.3, -0.25) is 4.79 Å². The van der Waals surface area contributed by atoms with Gasteiger partial charge in [-0.1, -0.05) is 44.1 Å². The van der Waals surface area contributed by atoms with E-state index in [1.807, 2.05) is 12.2 Å². The molecule has 0 aromatic heterocycles. The van der Waals surface area contributed by atoms with Crippen LogP contribution in [0, 0.1) is 34.5 Å². The standard InChI is InChI=1S/C24H34O/c1-5-6-16(2)20-9-10-21-19-8-7-17-15-18(25)11-13-23(17,3)22(19)12-14-24(20,21)4/h6,11,13,15,19-22H,5,7-10,12,14H2,1-4H3/b16-6+. The highest BCUT2D eigenvalue weighted by molar-refractivity contribution is 6.01. The van der Waals surface area contributed by atoms with E-state index >= 15 is 0 Å². The van der Waals surface area contributed by atoms with Gasteiger partial charge in [-0.25, -0.2) is 0 Å². The number of fused-ring (bicyclic) bond motifs is 5. The van der Waals surface area contributed by atoms with Crippen molar-refractivity contribution in [2.75, 3.05) is 0 Å². The minimum Gasteiger partial charge on any atom is -0.290 e. The molecule has 6 atom stereocenters. The Morgan fingerprint density at radius 3 is 2.76 bits per heavy atom. The lowest BCUT2D eigenvalue weighted by molar-refractivity contribution is -0.111. The largest absolute Gasteiger partial charge is 0.290 e. The molecule has 136 valence electrons. The third-order valence-corrected chi connectivity index (χ3v) is 8.63. The Bertz CT molecular complexity index is 666. The third-order valence-electron chi connectivity index (χ3n) is 8.63. The molecule has 0 N–H and O–H groups in total. The van der Waals surface area contributed by atoms with E-state index in [-0.39, 0.29) is 11.2 Å². The van der Waals surface area contributed by atoms with Crippen LogP contribution in [0.25, 0.3) is 0 Å². The van der Waals surface area contributed by atoms with Crippen molar-refractivity contribution in [3.63, 3.8) is 0 Å². The number of carbonyl (C=O) groups is 1. The van der Waals surface area contributed by atoms with E-state index < -0.39 is 0 Å². The molecule has 25 heavy (non-hydrogen) atoms. The summed E-state index contributed by atoms with van der Waals surface area (Å²) in [6.07, 6.45) is 17.6. The van der Waals surface area contributed by atoms with E-state index in [9.17, 15) is 4.79 Å². The zero-order valence-corrected chi connectivity index (χ0v) is 16.5. The van der Waals surface area contributed by atoms with Crippen molar-refractivity contribution in [2.45, 2.75) is 72.6 Å². The molecule has 1 nitrogen and oxygen atoms in total. The zero-order chi connectivity index (χ0) is 17.8. The SMILES string of the molecule is CC/C=C(\C)C1CCC2C3CCC4=CC(=O)C=CC4(C)C3CCC12C. The molecule has 0 aromatic carbocycles. The molecule has 3 fully saturated rings. The van der Waals surface area contributed by atoms with Crippen LogP contribution in [0.3, 0.4) is 0 Å². The monoisotopic (exact) mass is 338 g/mol. The third kappa shape index (κ3) is 2.45. The van der Waals surface area contributed by atoms with Crippen molar-refractivity contribution in [1.82, 2.24) is 0 Å². The maximum atomic E-state index is 11.9. The van der Waals surface area contributed by atoms with Gasteiger partial charge in [-0.05, 0) is 93.1 Å². The van der Waals surface area contributed by atoms with E-state index in [1.54, 1.807) is 5.57 Å². The maximum Gasteiger partial charge on any atom is 0.178 e. The smallest absolute Gasteiger partial charge is 0.178 e. The second-order valence-corrected chi connectivity index (χ2v) is 9.63. The van der Waals surface area contributed by atoms with Gasteiger partial charge in [0.15, 0.2) is 5.78 Å². The summed E-state index contributed by atoms with van der Waals surface area (Å²) < 4.78 is 0. The van der Waals surface area contributed by atoms with Crippen LogP contribution in [0.15, 0.2) is 35.5 Å². The Kier molecular flexibility index (Phi) is 4.13. The molecule has 0 radical (unpaired) electrons. The van der Waals surface area contributed by atoms with Gasteiger partial charge in [0.05, 0.1) is 0 Å². The molecule has 0 aliphatic heterocycles. The maximum absolute atomic E-state index is 11.9. The number of hydrogen-bond donors (Lipinski definition) is 0. The highest BCUT2D eigenvalue weighted by atomic mass is 16.1. The lowest BCUT2D eigenvalue weighted by Crippen LogP contribution is -2.49. The average molecular weight is 339 g/mol. The summed E-state index contributed by atoms with van der Waals surface area (Å²) in [5, 5.41) is 0.